The van der Waals surface area contributed by atoms with Gasteiger partial charge >= 0.3 is 0 Å². The summed E-state index contributed by atoms with van der Waals surface area (Å²) in [5.74, 6) is 2.27. The third-order valence-corrected chi connectivity index (χ3v) is 2.80. The molecule has 2 aromatic rings. The number of aromatic nitrogens is 2. The van der Waals surface area contributed by atoms with E-state index in [1.54, 1.807) is 7.11 Å². The number of ether oxygens (including phenoxy) is 1. The Balaban J connectivity index is 2.50. The van der Waals surface area contributed by atoms with Crippen LogP contribution in [-0.4, -0.2) is 17.1 Å². The molecule has 0 aliphatic rings. The van der Waals surface area contributed by atoms with Gasteiger partial charge in [0, 0.05) is 5.56 Å². The lowest BCUT2D eigenvalue weighted by Gasteiger charge is -2.08. The van der Waals surface area contributed by atoms with Gasteiger partial charge in [-0.1, -0.05) is 6.92 Å². The normalized spacial score (nSPS) is 10.5. The predicted molar refractivity (Wildman–Crippen MR) is 69.1 cm³/mol. The van der Waals surface area contributed by atoms with Gasteiger partial charge in [0.05, 0.1) is 12.8 Å². The number of nitrogens with zero attached hydrogens (tertiary/aromatic N) is 1. The van der Waals surface area contributed by atoms with Crippen LogP contribution in [0.1, 0.15) is 18.3 Å². The summed E-state index contributed by atoms with van der Waals surface area (Å²) in [4.78, 5) is 7.35. The standard InChI is InChI=1S/C13H17N3O/c1-4-9-7-10(5-6-11(9)17-3)12-13(14)16-8(2)15-12/h5-7H,4,14H2,1-3H3,(H,15,16). The number of rotatable bonds is 3. The Kier molecular flexibility index (Phi) is 3.04. The SMILES string of the molecule is CCc1cc(-c2[nH]c(C)nc2N)ccc1OC. The molecule has 0 atom stereocenters. The summed E-state index contributed by atoms with van der Waals surface area (Å²) in [6, 6.07) is 6.03. The second kappa shape index (κ2) is 4.49. The van der Waals surface area contributed by atoms with Gasteiger partial charge in [0.2, 0.25) is 0 Å². The predicted octanol–water partition coefficient (Wildman–Crippen LogP) is 2.54. The van der Waals surface area contributed by atoms with Crippen LogP contribution in [0, 0.1) is 6.92 Å². The fourth-order valence-corrected chi connectivity index (χ4v) is 1.94. The summed E-state index contributed by atoms with van der Waals surface area (Å²) in [5, 5.41) is 0. The van der Waals surface area contributed by atoms with Crippen molar-refractivity contribution in [3.8, 4) is 17.0 Å². The Labute approximate surface area is 101 Å². The second-order valence-corrected chi connectivity index (χ2v) is 3.96. The van der Waals surface area contributed by atoms with Crippen molar-refractivity contribution in [2.24, 2.45) is 0 Å². The molecule has 4 nitrogen and oxygen atoms in total. The maximum atomic E-state index is 5.86. The molecule has 0 aliphatic carbocycles. The second-order valence-electron chi connectivity index (χ2n) is 3.96. The van der Waals surface area contributed by atoms with Gasteiger partial charge in [0.15, 0.2) is 0 Å². The maximum absolute atomic E-state index is 5.86. The van der Waals surface area contributed by atoms with Crippen LogP contribution in [0.25, 0.3) is 11.3 Å². The van der Waals surface area contributed by atoms with E-state index >= 15 is 0 Å². The van der Waals surface area contributed by atoms with Crippen molar-refractivity contribution in [2.75, 3.05) is 12.8 Å². The highest BCUT2D eigenvalue weighted by Gasteiger charge is 2.09. The summed E-state index contributed by atoms with van der Waals surface area (Å²) < 4.78 is 5.31. The molecule has 0 aliphatic heterocycles. The van der Waals surface area contributed by atoms with Crippen molar-refractivity contribution >= 4 is 5.82 Å². The Morgan fingerprint density at radius 3 is 2.71 bits per heavy atom. The smallest absolute Gasteiger partial charge is 0.149 e. The van der Waals surface area contributed by atoms with E-state index in [0.717, 1.165) is 34.8 Å². The number of aromatic amines is 1. The number of aryl methyl sites for hydroxylation is 2. The van der Waals surface area contributed by atoms with Gasteiger partial charge in [0.1, 0.15) is 17.4 Å². The quantitative estimate of drug-likeness (QED) is 0.853. The highest BCUT2D eigenvalue weighted by molar-refractivity contribution is 5.71. The van der Waals surface area contributed by atoms with Crippen molar-refractivity contribution in [3.05, 3.63) is 29.6 Å². The summed E-state index contributed by atoms with van der Waals surface area (Å²) in [6.07, 6.45) is 0.921. The number of nitrogens with one attached hydrogen (secondary N) is 1. The van der Waals surface area contributed by atoms with Crippen LogP contribution >= 0.6 is 0 Å². The van der Waals surface area contributed by atoms with Crippen LogP contribution in [0.15, 0.2) is 18.2 Å². The van der Waals surface area contributed by atoms with E-state index in [9.17, 15) is 0 Å². The monoisotopic (exact) mass is 231 g/mol. The molecule has 3 N–H and O–H groups in total. The zero-order valence-corrected chi connectivity index (χ0v) is 10.4. The first-order valence-corrected chi connectivity index (χ1v) is 5.65. The number of methoxy groups -OCH3 is 1. The summed E-state index contributed by atoms with van der Waals surface area (Å²) in [7, 11) is 1.68. The third-order valence-electron chi connectivity index (χ3n) is 2.80. The van der Waals surface area contributed by atoms with E-state index in [4.69, 9.17) is 10.5 Å². The minimum Gasteiger partial charge on any atom is -0.496 e. The zero-order valence-electron chi connectivity index (χ0n) is 10.4. The van der Waals surface area contributed by atoms with E-state index < -0.39 is 0 Å². The zero-order chi connectivity index (χ0) is 12.4. The lowest BCUT2D eigenvalue weighted by atomic mass is 10.1. The average Bonchev–Trinajstić information content (AvgIpc) is 2.67. The molecule has 1 heterocycles. The summed E-state index contributed by atoms with van der Waals surface area (Å²) in [5.41, 5.74) is 8.94. The van der Waals surface area contributed by atoms with Crippen LogP contribution in [-0.2, 0) is 6.42 Å². The molecule has 1 aromatic heterocycles. The molecule has 0 saturated heterocycles. The van der Waals surface area contributed by atoms with E-state index in [2.05, 4.69) is 23.0 Å². The number of hydrogen-bond acceptors (Lipinski definition) is 3. The van der Waals surface area contributed by atoms with Crippen molar-refractivity contribution < 1.29 is 4.74 Å². The molecule has 2 rings (SSSR count). The number of hydrogen-bond donors (Lipinski definition) is 2. The fraction of sp³-hybridized carbons (Fsp3) is 0.308. The molecule has 1 aromatic carbocycles. The first-order valence-electron chi connectivity index (χ1n) is 5.65. The van der Waals surface area contributed by atoms with Crippen molar-refractivity contribution in [1.29, 1.82) is 0 Å². The van der Waals surface area contributed by atoms with Gasteiger partial charge < -0.3 is 15.5 Å². The minimum absolute atomic E-state index is 0.537. The molecule has 17 heavy (non-hydrogen) atoms. The molecular formula is C13H17N3O. The lowest BCUT2D eigenvalue weighted by molar-refractivity contribution is 0.410. The van der Waals surface area contributed by atoms with Crippen LogP contribution in [0.4, 0.5) is 5.82 Å². The third kappa shape index (κ3) is 2.11. The molecule has 0 unspecified atom stereocenters. The fourth-order valence-electron chi connectivity index (χ4n) is 1.94. The molecule has 0 saturated carbocycles. The van der Waals surface area contributed by atoms with E-state index in [1.165, 1.54) is 0 Å². The van der Waals surface area contributed by atoms with Crippen LogP contribution in [0.5, 0.6) is 5.75 Å². The first kappa shape index (κ1) is 11.5. The van der Waals surface area contributed by atoms with Gasteiger partial charge in [-0.05, 0) is 37.1 Å². The van der Waals surface area contributed by atoms with Crippen LogP contribution < -0.4 is 10.5 Å². The van der Waals surface area contributed by atoms with Crippen molar-refractivity contribution in [1.82, 2.24) is 9.97 Å². The van der Waals surface area contributed by atoms with E-state index in [0.29, 0.717) is 5.82 Å². The van der Waals surface area contributed by atoms with Crippen molar-refractivity contribution in [3.63, 3.8) is 0 Å². The summed E-state index contributed by atoms with van der Waals surface area (Å²) in [6.45, 7) is 3.99. The molecule has 0 bridgehead atoms. The minimum atomic E-state index is 0.537. The topological polar surface area (TPSA) is 63.9 Å². The van der Waals surface area contributed by atoms with Crippen LogP contribution in [0.3, 0.4) is 0 Å². The van der Waals surface area contributed by atoms with Crippen molar-refractivity contribution in [2.45, 2.75) is 20.3 Å². The average molecular weight is 231 g/mol. The Morgan fingerprint density at radius 1 is 1.41 bits per heavy atom. The first-order chi connectivity index (χ1) is 8.15. The molecule has 4 heteroatoms. The Hall–Kier alpha value is -1.97. The molecule has 90 valence electrons. The number of benzene rings is 1. The van der Waals surface area contributed by atoms with Gasteiger partial charge in [-0.3, -0.25) is 0 Å². The molecule has 0 fully saturated rings. The van der Waals surface area contributed by atoms with E-state index in [-0.39, 0.29) is 0 Å². The van der Waals surface area contributed by atoms with Gasteiger partial charge in [0.25, 0.3) is 0 Å². The summed E-state index contributed by atoms with van der Waals surface area (Å²) >= 11 is 0. The highest BCUT2D eigenvalue weighted by Crippen LogP contribution is 2.28. The Morgan fingerprint density at radius 2 is 2.18 bits per heavy atom. The Bertz CT molecular complexity index is 531. The number of nitrogen functional groups attached to an aromatic ring is 1. The van der Waals surface area contributed by atoms with Gasteiger partial charge in [-0.15, -0.1) is 0 Å². The maximum Gasteiger partial charge on any atom is 0.149 e. The molecule has 0 spiro atoms. The van der Waals surface area contributed by atoms with E-state index in [1.807, 2.05) is 19.1 Å². The number of anilines is 1. The number of H-pyrrole nitrogens is 1. The highest BCUT2D eigenvalue weighted by atomic mass is 16.5. The van der Waals surface area contributed by atoms with Gasteiger partial charge in [-0.2, -0.15) is 0 Å². The molecule has 0 amide bonds. The van der Waals surface area contributed by atoms with Gasteiger partial charge in [-0.25, -0.2) is 4.98 Å². The number of nitrogens with two attached hydrogens (primary N) is 1. The number of imidazole rings is 1. The lowest BCUT2D eigenvalue weighted by Crippen LogP contribution is -1.93. The van der Waals surface area contributed by atoms with Crippen LogP contribution in [0.2, 0.25) is 0 Å². The molecule has 0 radical (unpaired) electrons. The largest absolute Gasteiger partial charge is 0.496 e. The molecular weight excluding hydrogens is 214 g/mol.